The third kappa shape index (κ3) is 5.40. The van der Waals surface area contributed by atoms with Crippen LogP contribution in [0.3, 0.4) is 0 Å². The molecule has 1 heteroatoms. The summed E-state index contributed by atoms with van der Waals surface area (Å²) in [6.07, 6.45) is 3.65. The van der Waals surface area contributed by atoms with E-state index in [4.69, 9.17) is 5.11 Å². The van der Waals surface area contributed by atoms with E-state index < -0.39 is 6.10 Å². The molecule has 0 radical (unpaired) electrons. The molecule has 0 aliphatic rings. The summed E-state index contributed by atoms with van der Waals surface area (Å²) in [6.45, 7) is 5.57. The van der Waals surface area contributed by atoms with E-state index in [1.807, 2.05) is 0 Å². The Balaban J connectivity index is 3.46. The Bertz CT molecular complexity index is 139. The third-order valence-electron chi connectivity index (χ3n) is 1.03. The summed E-state index contributed by atoms with van der Waals surface area (Å²) in [5, 5.41) is 9.03. The molecule has 0 aliphatic carbocycles. The summed E-state index contributed by atoms with van der Waals surface area (Å²) in [4.78, 5) is 0. The lowest BCUT2D eigenvalue weighted by atomic mass is 10.2. The first-order chi connectivity index (χ1) is 4.81. The molecular formula is C9H14O. The van der Waals surface area contributed by atoms with Crippen LogP contribution in [0.5, 0.6) is 0 Å². The molecule has 0 spiro atoms. The van der Waals surface area contributed by atoms with E-state index in [0.717, 1.165) is 12.8 Å². The van der Waals surface area contributed by atoms with Gasteiger partial charge in [-0.15, -0.1) is 12.5 Å². The second kappa shape index (κ2) is 6.38. The van der Waals surface area contributed by atoms with Gasteiger partial charge >= 0.3 is 0 Å². The lowest BCUT2D eigenvalue weighted by molar-refractivity contribution is 0.236. The van der Waals surface area contributed by atoms with Crippen LogP contribution in [0.4, 0.5) is 0 Å². The van der Waals surface area contributed by atoms with Crippen LogP contribution in [0.25, 0.3) is 0 Å². The second-order valence-electron chi connectivity index (χ2n) is 2.11. The Morgan fingerprint density at radius 3 is 2.90 bits per heavy atom. The van der Waals surface area contributed by atoms with Crippen molar-refractivity contribution in [1.29, 1.82) is 0 Å². The second-order valence-corrected chi connectivity index (χ2v) is 2.11. The molecule has 56 valence electrons. The van der Waals surface area contributed by atoms with Gasteiger partial charge in [-0.05, 0) is 6.42 Å². The highest BCUT2D eigenvalue weighted by molar-refractivity contribution is 5.05. The van der Waals surface area contributed by atoms with Crippen molar-refractivity contribution in [2.45, 2.75) is 32.3 Å². The number of rotatable bonds is 3. The van der Waals surface area contributed by atoms with E-state index in [1.165, 1.54) is 0 Å². The average Bonchev–Trinajstić information content (AvgIpc) is 1.89. The number of aliphatic hydroxyl groups excluding tert-OH is 1. The van der Waals surface area contributed by atoms with Gasteiger partial charge in [-0.2, -0.15) is 0 Å². The van der Waals surface area contributed by atoms with Crippen molar-refractivity contribution in [3.05, 3.63) is 12.7 Å². The van der Waals surface area contributed by atoms with Gasteiger partial charge in [0.05, 0.1) is 0 Å². The minimum absolute atomic E-state index is 0.510. The van der Waals surface area contributed by atoms with E-state index in [-0.39, 0.29) is 0 Å². The molecule has 0 saturated heterocycles. The number of hydrogen-bond donors (Lipinski definition) is 1. The Hall–Kier alpha value is -0.740. The van der Waals surface area contributed by atoms with Crippen LogP contribution in [0.1, 0.15) is 26.2 Å². The molecule has 0 aliphatic heterocycles. The zero-order valence-corrected chi connectivity index (χ0v) is 6.43. The Morgan fingerprint density at radius 2 is 2.40 bits per heavy atom. The molecule has 0 heterocycles. The number of hydrogen-bond acceptors (Lipinski definition) is 1. The molecule has 0 rings (SSSR count). The molecule has 1 nitrogen and oxygen atoms in total. The van der Waals surface area contributed by atoms with Crippen LogP contribution < -0.4 is 0 Å². The van der Waals surface area contributed by atoms with Crippen LogP contribution in [-0.2, 0) is 0 Å². The summed E-state index contributed by atoms with van der Waals surface area (Å²) in [7, 11) is 0. The lowest BCUT2D eigenvalue weighted by Gasteiger charge is -1.94. The predicted molar refractivity (Wildman–Crippen MR) is 43.5 cm³/mol. The fourth-order valence-electron chi connectivity index (χ4n) is 0.532. The standard InChI is InChI=1S/C9H14O/c1-3-5-6-8-9(10)7-4-2/h4,9-10H,2-3,5,7H2,1H3/t9-/m0/s1. The first-order valence-corrected chi connectivity index (χ1v) is 3.58. The smallest absolute Gasteiger partial charge is 0.118 e. The quantitative estimate of drug-likeness (QED) is 0.465. The first-order valence-electron chi connectivity index (χ1n) is 3.58. The van der Waals surface area contributed by atoms with Gasteiger partial charge in [-0.3, -0.25) is 0 Å². The minimum atomic E-state index is -0.510. The maximum Gasteiger partial charge on any atom is 0.118 e. The molecule has 0 fully saturated rings. The highest BCUT2D eigenvalue weighted by Gasteiger charge is 1.91. The van der Waals surface area contributed by atoms with Gasteiger partial charge < -0.3 is 5.11 Å². The van der Waals surface area contributed by atoms with Crippen molar-refractivity contribution in [1.82, 2.24) is 0 Å². The lowest BCUT2D eigenvalue weighted by Crippen LogP contribution is -1.99. The van der Waals surface area contributed by atoms with Crippen LogP contribution in [0.2, 0.25) is 0 Å². The molecule has 0 amide bonds. The summed E-state index contributed by atoms with van der Waals surface area (Å²) in [5.41, 5.74) is 0. The maximum atomic E-state index is 9.03. The zero-order valence-electron chi connectivity index (χ0n) is 6.43. The van der Waals surface area contributed by atoms with Crippen molar-refractivity contribution in [3.8, 4) is 11.8 Å². The maximum absolute atomic E-state index is 9.03. The predicted octanol–water partition coefficient (Wildman–Crippen LogP) is 1.73. The molecule has 0 aromatic carbocycles. The van der Waals surface area contributed by atoms with Crippen molar-refractivity contribution < 1.29 is 5.11 Å². The summed E-state index contributed by atoms with van der Waals surface area (Å²) < 4.78 is 0. The normalized spacial score (nSPS) is 11.4. The van der Waals surface area contributed by atoms with Crippen LogP contribution >= 0.6 is 0 Å². The molecule has 1 N–H and O–H groups in total. The summed E-state index contributed by atoms with van der Waals surface area (Å²) in [6, 6.07) is 0. The third-order valence-corrected chi connectivity index (χ3v) is 1.03. The van der Waals surface area contributed by atoms with Gasteiger partial charge in [0, 0.05) is 12.8 Å². The monoisotopic (exact) mass is 138 g/mol. The fraction of sp³-hybridized carbons (Fsp3) is 0.556. The van der Waals surface area contributed by atoms with Crippen LogP contribution in [0.15, 0.2) is 12.7 Å². The molecule has 1 atom stereocenters. The molecule has 10 heavy (non-hydrogen) atoms. The highest BCUT2D eigenvalue weighted by atomic mass is 16.3. The van der Waals surface area contributed by atoms with Gasteiger partial charge in [0.1, 0.15) is 6.10 Å². The van der Waals surface area contributed by atoms with Gasteiger partial charge in [-0.1, -0.05) is 18.9 Å². The van der Waals surface area contributed by atoms with Gasteiger partial charge in [0.2, 0.25) is 0 Å². The van der Waals surface area contributed by atoms with Crippen LogP contribution in [0, 0.1) is 11.8 Å². The number of aliphatic hydroxyl groups is 1. The van der Waals surface area contributed by atoms with E-state index in [1.54, 1.807) is 6.08 Å². The molecular weight excluding hydrogens is 124 g/mol. The molecule has 0 saturated carbocycles. The van der Waals surface area contributed by atoms with Crippen molar-refractivity contribution in [2.75, 3.05) is 0 Å². The van der Waals surface area contributed by atoms with E-state index >= 15 is 0 Å². The van der Waals surface area contributed by atoms with Gasteiger partial charge in [-0.25, -0.2) is 0 Å². The highest BCUT2D eigenvalue weighted by Crippen LogP contribution is 1.90. The van der Waals surface area contributed by atoms with E-state index in [0.29, 0.717) is 6.42 Å². The average molecular weight is 138 g/mol. The Kier molecular flexibility index (Phi) is 5.91. The zero-order chi connectivity index (χ0) is 7.82. The molecule has 0 aromatic heterocycles. The van der Waals surface area contributed by atoms with Crippen molar-refractivity contribution >= 4 is 0 Å². The largest absolute Gasteiger partial charge is 0.380 e. The molecule has 0 unspecified atom stereocenters. The van der Waals surface area contributed by atoms with E-state index in [9.17, 15) is 0 Å². The minimum Gasteiger partial charge on any atom is -0.380 e. The Labute approximate surface area is 62.8 Å². The van der Waals surface area contributed by atoms with E-state index in [2.05, 4.69) is 25.3 Å². The Morgan fingerprint density at radius 1 is 1.70 bits per heavy atom. The van der Waals surface area contributed by atoms with Crippen LogP contribution in [-0.4, -0.2) is 11.2 Å². The van der Waals surface area contributed by atoms with Gasteiger partial charge in [0.15, 0.2) is 0 Å². The summed E-state index contributed by atoms with van der Waals surface area (Å²) in [5.74, 6) is 5.59. The topological polar surface area (TPSA) is 20.2 Å². The van der Waals surface area contributed by atoms with Crippen molar-refractivity contribution in [2.24, 2.45) is 0 Å². The molecule has 0 aromatic rings. The first kappa shape index (κ1) is 9.26. The van der Waals surface area contributed by atoms with Crippen molar-refractivity contribution in [3.63, 3.8) is 0 Å². The summed E-state index contributed by atoms with van der Waals surface area (Å²) >= 11 is 0. The fourth-order valence-corrected chi connectivity index (χ4v) is 0.532. The SMILES string of the molecule is C=CC[C@H](O)C#CCCC. The number of unbranched alkanes of at least 4 members (excludes halogenated alkanes) is 1. The molecule has 0 bridgehead atoms. The van der Waals surface area contributed by atoms with Gasteiger partial charge in [0.25, 0.3) is 0 Å².